The van der Waals surface area contributed by atoms with Gasteiger partial charge in [0.15, 0.2) is 0 Å². The summed E-state index contributed by atoms with van der Waals surface area (Å²) in [7, 11) is 0. The Morgan fingerprint density at radius 1 is 1.04 bits per heavy atom. The predicted molar refractivity (Wildman–Crippen MR) is 90.9 cm³/mol. The maximum absolute atomic E-state index is 12.5. The van der Waals surface area contributed by atoms with Gasteiger partial charge in [0.25, 0.3) is 5.91 Å². The van der Waals surface area contributed by atoms with Gasteiger partial charge in [-0.1, -0.05) is 18.2 Å². The molecule has 0 bridgehead atoms. The van der Waals surface area contributed by atoms with Crippen molar-refractivity contribution in [1.29, 1.82) is 0 Å². The van der Waals surface area contributed by atoms with E-state index in [1.165, 1.54) is 6.33 Å². The minimum Gasteiger partial charge on any atom is -0.492 e. The molecule has 1 saturated heterocycles. The normalized spacial score (nSPS) is 15.8. The topological polar surface area (TPSA) is 58.6 Å². The minimum atomic E-state index is 0.0120. The lowest BCUT2D eigenvalue weighted by atomic mass is 10.3. The van der Waals surface area contributed by atoms with Gasteiger partial charge in [-0.15, -0.1) is 0 Å². The minimum absolute atomic E-state index is 0.0120. The third kappa shape index (κ3) is 4.52. The van der Waals surface area contributed by atoms with Gasteiger partial charge in [-0.25, -0.2) is 9.97 Å². The van der Waals surface area contributed by atoms with Crippen LogP contribution in [0.5, 0.6) is 5.75 Å². The van der Waals surface area contributed by atoms with Crippen molar-refractivity contribution in [3.8, 4) is 5.75 Å². The van der Waals surface area contributed by atoms with Gasteiger partial charge >= 0.3 is 0 Å². The fourth-order valence-electron chi connectivity index (χ4n) is 2.80. The van der Waals surface area contributed by atoms with Crippen molar-refractivity contribution in [3.63, 3.8) is 0 Å². The average Bonchev–Trinajstić information content (AvgIpc) is 2.88. The third-order valence-electron chi connectivity index (χ3n) is 4.10. The molecule has 0 radical (unpaired) electrons. The molecule has 1 aromatic heterocycles. The monoisotopic (exact) mass is 326 g/mol. The predicted octanol–water partition coefficient (Wildman–Crippen LogP) is 1.70. The van der Waals surface area contributed by atoms with Crippen LogP contribution in [-0.2, 0) is 0 Å². The molecule has 1 aliphatic heterocycles. The summed E-state index contributed by atoms with van der Waals surface area (Å²) in [6, 6.07) is 9.84. The van der Waals surface area contributed by atoms with Gasteiger partial charge in [0.2, 0.25) is 0 Å². The van der Waals surface area contributed by atoms with Crippen LogP contribution in [0, 0.1) is 0 Å². The van der Waals surface area contributed by atoms with Crippen molar-refractivity contribution in [2.75, 3.05) is 39.3 Å². The van der Waals surface area contributed by atoms with Crippen molar-refractivity contribution >= 4 is 5.91 Å². The van der Waals surface area contributed by atoms with E-state index in [2.05, 4.69) is 14.9 Å². The molecule has 2 heterocycles. The van der Waals surface area contributed by atoms with E-state index in [1.54, 1.807) is 12.4 Å². The van der Waals surface area contributed by atoms with Gasteiger partial charge < -0.3 is 9.64 Å². The van der Waals surface area contributed by atoms with Gasteiger partial charge in [-0.05, 0) is 18.6 Å². The van der Waals surface area contributed by atoms with E-state index in [1.807, 2.05) is 35.2 Å². The maximum atomic E-state index is 12.5. The third-order valence-corrected chi connectivity index (χ3v) is 4.10. The van der Waals surface area contributed by atoms with E-state index in [9.17, 15) is 4.79 Å². The van der Waals surface area contributed by atoms with Gasteiger partial charge in [0, 0.05) is 45.1 Å². The van der Waals surface area contributed by atoms with Gasteiger partial charge in [-0.2, -0.15) is 0 Å². The molecule has 0 unspecified atom stereocenters. The molecule has 6 heteroatoms. The van der Waals surface area contributed by atoms with Crippen LogP contribution in [-0.4, -0.2) is 65.0 Å². The summed E-state index contributed by atoms with van der Waals surface area (Å²) in [5, 5.41) is 0. The van der Waals surface area contributed by atoms with Crippen LogP contribution in [0.25, 0.3) is 0 Å². The van der Waals surface area contributed by atoms with E-state index in [4.69, 9.17) is 4.74 Å². The molecule has 1 fully saturated rings. The number of para-hydroxylation sites is 1. The van der Waals surface area contributed by atoms with Crippen molar-refractivity contribution in [2.45, 2.75) is 6.42 Å². The number of amides is 1. The van der Waals surface area contributed by atoms with Crippen molar-refractivity contribution in [3.05, 3.63) is 54.6 Å². The lowest BCUT2D eigenvalue weighted by Crippen LogP contribution is -2.36. The summed E-state index contributed by atoms with van der Waals surface area (Å²) in [5.41, 5.74) is 0.554. The summed E-state index contributed by atoms with van der Waals surface area (Å²) in [6.07, 6.45) is 5.55. The fourth-order valence-corrected chi connectivity index (χ4v) is 2.80. The number of aromatic nitrogens is 2. The second kappa shape index (κ2) is 8.40. The molecule has 0 atom stereocenters. The molecular formula is C18H22N4O2. The largest absolute Gasteiger partial charge is 0.492 e. The molecule has 6 nitrogen and oxygen atoms in total. The standard InChI is InChI=1S/C18H22N4O2/c23-18(16-13-19-15-20-14-16)22-8-4-7-21(9-10-22)11-12-24-17-5-2-1-3-6-17/h1-3,5-6,13-15H,4,7-12H2. The molecule has 1 aromatic carbocycles. The number of carbonyl (C=O) groups is 1. The van der Waals surface area contributed by atoms with E-state index in [0.29, 0.717) is 12.2 Å². The summed E-state index contributed by atoms with van der Waals surface area (Å²) in [5.74, 6) is 0.909. The van der Waals surface area contributed by atoms with E-state index in [0.717, 1.165) is 44.9 Å². The fraction of sp³-hybridized carbons (Fsp3) is 0.389. The zero-order chi connectivity index (χ0) is 16.6. The van der Waals surface area contributed by atoms with Crippen molar-refractivity contribution < 1.29 is 9.53 Å². The lowest BCUT2D eigenvalue weighted by Gasteiger charge is -2.22. The number of rotatable bonds is 5. The van der Waals surface area contributed by atoms with E-state index in [-0.39, 0.29) is 5.91 Å². The highest BCUT2D eigenvalue weighted by Crippen LogP contribution is 2.10. The Kier molecular flexibility index (Phi) is 5.74. The molecule has 3 rings (SSSR count). The van der Waals surface area contributed by atoms with Gasteiger partial charge in [-0.3, -0.25) is 9.69 Å². The number of hydrogen-bond acceptors (Lipinski definition) is 5. The second-order valence-electron chi connectivity index (χ2n) is 5.78. The first-order valence-corrected chi connectivity index (χ1v) is 8.27. The van der Waals surface area contributed by atoms with Crippen LogP contribution in [0.4, 0.5) is 0 Å². The first-order chi connectivity index (χ1) is 11.8. The molecule has 0 aliphatic carbocycles. The SMILES string of the molecule is O=C(c1cncnc1)N1CCCN(CCOc2ccccc2)CC1. The molecular weight excluding hydrogens is 304 g/mol. The summed E-state index contributed by atoms with van der Waals surface area (Å²) < 4.78 is 5.75. The van der Waals surface area contributed by atoms with Gasteiger partial charge in [0.1, 0.15) is 18.7 Å². The van der Waals surface area contributed by atoms with Crippen LogP contribution in [0.2, 0.25) is 0 Å². The van der Waals surface area contributed by atoms with Crippen LogP contribution < -0.4 is 4.74 Å². The van der Waals surface area contributed by atoms with Crippen LogP contribution in [0.1, 0.15) is 16.8 Å². The summed E-state index contributed by atoms with van der Waals surface area (Å²) in [4.78, 5) is 24.5. The van der Waals surface area contributed by atoms with Crippen molar-refractivity contribution in [2.24, 2.45) is 0 Å². The highest BCUT2D eigenvalue weighted by Gasteiger charge is 2.20. The molecule has 0 N–H and O–H groups in total. The number of nitrogens with zero attached hydrogens (tertiary/aromatic N) is 4. The van der Waals surface area contributed by atoms with E-state index < -0.39 is 0 Å². The van der Waals surface area contributed by atoms with Crippen molar-refractivity contribution in [1.82, 2.24) is 19.8 Å². The maximum Gasteiger partial charge on any atom is 0.257 e. The Labute approximate surface area is 142 Å². The van der Waals surface area contributed by atoms with Crippen LogP contribution >= 0.6 is 0 Å². The Bertz CT molecular complexity index is 636. The summed E-state index contributed by atoms with van der Waals surface area (Å²) in [6.45, 7) is 4.85. The zero-order valence-electron chi connectivity index (χ0n) is 13.7. The number of hydrogen-bond donors (Lipinski definition) is 0. The Morgan fingerprint density at radius 3 is 2.62 bits per heavy atom. The molecule has 0 spiro atoms. The number of benzene rings is 1. The lowest BCUT2D eigenvalue weighted by molar-refractivity contribution is 0.0760. The smallest absolute Gasteiger partial charge is 0.257 e. The first-order valence-electron chi connectivity index (χ1n) is 8.27. The molecule has 126 valence electrons. The Balaban J connectivity index is 1.46. The molecule has 2 aromatic rings. The zero-order valence-corrected chi connectivity index (χ0v) is 13.7. The highest BCUT2D eigenvalue weighted by atomic mass is 16.5. The second-order valence-corrected chi connectivity index (χ2v) is 5.78. The average molecular weight is 326 g/mol. The Morgan fingerprint density at radius 2 is 1.83 bits per heavy atom. The quantitative estimate of drug-likeness (QED) is 0.837. The molecule has 0 saturated carbocycles. The first kappa shape index (κ1) is 16.4. The number of ether oxygens (including phenoxy) is 1. The summed E-state index contributed by atoms with van der Waals surface area (Å²) >= 11 is 0. The number of carbonyl (C=O) groups excluding carboxylic acids is 1. The molecule has 1 amide bonds. The van der Waals surface area contributed by atoms with Gasteiger partial charge in [0.05, 0.1) is 5.56 Å². The Hall–Kier alpha value is -2.47. The molecule has 1 aliphatic rings. The molecule has 24 heavy (non-hydrogen) atoms. The highest BCUT2D eigenvalue weighted by molar-refractivity contribution is 5.93. The van der Waals surface area contributed by atoms with Crippen LogP contribution in [0.15, 0.2) is 49.1 Å². The van der Waals surface area contributed by atoms with Crippen LogP contribution in [0.3, 0.4) is 0 Å². The van der Waals surface area contributed by atoms with E-state index >= 15 is 0 Å².